The Kier molecular flexibility index (Phi) is 5.79. The molecule has 5 rings (SSSR count). The summed E-state index contributed by atoms with van der Waals surface area (Å²) in [6, 6.07) is 19.1. The third-order valence-electron chi connectivity index (χ3n) is 5.53. The Balaban J connectivity index is 1.62. The minimum absolute atomic E-state index is 0.149. The van der Waals surface area contributed by atoms with Crippen LogP contribution in [0.4, 0.5) is 5.69 Å². The van der Waals surface area contributed by atoms with E-state index < -0.39 is 5.91 Å². The first-order valence-corrected chi connectivity index (χ1v) is 12.0. The summed E-state index contributed by atoms with van der Waals surface area (Å²) in [5.74, 6) is -0.666. The van der Waals surface area contributed by atoms with E-state index >= 15 is 0 Å². The lowest BCUT2D eigenvalue weighted by atomic mass is 10.0. The maximum atomic E-state index is 13.3. The topological polar surface area (TPSA) is 90.7 Å². The van der Waals surface area contributed by atoms with E-state index in [9.17, 15) is 9.90 Å². The Bertz CT molecular complexity index is 1620. The lowest BCUT2D eigenvalue weighted by Crippen LogP contribution is -1.99. The van der Waals surface area contributed by atoms with Gasteiger partial charge in [-0.05, 0) is 77.8 Å². The predicted molar refractivity (Wildman–Crippen MR) is 141 cm³/mol. The van der Waals surface area contributed by atoms with Crippen molar-refractivity contribution < 1.29 is 9.90 Å². The summed E-state index contributed by atoms with van der Waals surface area (Å²) < 4.78 is 1.75. The van der Waals surface area contributed by atoms with E-state index in [2.05, 4.69) is 47.1 Å². The van der Waals surface area contributed by atoms with E-state index in [1.54, 1.807) is 6.07 Å². The highest BCUT2D eigenvalue weighted by molar-refractivity contribution is 9.11. The molecule has 6 nitrogen and oxygen atoms in total. The van der Waals surface area contributed by atoms with Crippen molar-refractivity contribution in [3.63, 3.8) is 0 Å². The van der Waals surface area contributed by atoms with E-state index in [-0.39, 0.29) is 11.6 Å². The molecule has 0 saturated carbocycles. The minimum Gasteiger partial charge on any atom is -0.493 e. The summed E-state index contributed by atoms with van der Waals surface area (Å²) in [6.07, 6.45) is 0. The molecular formula is C26H18Br2N4O2. The zero-order valence-corrected chi connectivity index (χ0v) is 21.4. The van der Waals surface area contributed by atoms with E-state index in [0.29, 0.717) is 33.1 Å². The summed E-state index contributed by atoms with van der Waals surface area (Å²) in [5, 5.41) is 19.9. The van der Waals surface area contributed by atoms with Crippen LogP contribution in [0.25, 0.3) is 33.1 Å². The highest BCUT2D eigenvalue weighted by atomic mass is 79.9. The number of pyridine rings is 1. The third-order valence-corrected chi connectivity index (χ3v) is 6.69. The van der Waals surface area contributed by atoms with Crippen molar-refractivity contribution in [1.82, 2.24) is 9.97 Å². The van der Waals surface area contributed by atoms with Crippen molar-refractivity contribution in [3.05, 3.63) is 86.3 Å². The SMILES string of the molecule is Cc1ccc2nc(-c3ccc(Br)cc3)cc(C(=O)N=Nc3c(O)[nH]c4c(Br)cc(C)cc34)c2c1. The van der Waals surface area contributed by atoms with Crippen molar-refractivity contribution in [3.8, 4) is 17.1 Å². The maximum absolute atomic E-state index is 13.3. The Morgan fingerprint density at radius 2 is 1.68 bits per heavy atom. The van der Waals surface area contributed by atoms with E-state index in [4.69, 9.17) is 4.98 Å². The van der Waals surface area contributed by atoms with Gasteiger partial charge in [0.2, 0.25) is 5.88 Å². The number of carbonyl (C=O) groups excluding carboxylic acids is 1. The number of aryl methyl sites for hydroxylation is 2. The molecule has 0 aliphatic rings. The molecule has 168 valence electrons. The molecule has 1 amide bonds. The lowest BCUT2D eigenvalue weighted by Gasteiger charge is -2.08. The van der Waals surface area contributed by atoms with Crippen molar-refractivity contribution >= 4 is 65.3 Å². The number of carbonyl (C=O) groups is 1. The minimum atomic E-state index is -0.517. The number of aromatic amines is 1. The molecule has 5 aromatic rings. The Morgan fingerprint density at radius 3 is 2.44 bits per heavy atom. The van der Waals surface area contributed by atoms with Gasteiger partial charge in [-0.25, -0.2) is 4.98 Å². The first-order valence-electron chi connectivity index (χ1n) is 10.4. The van der Waals surface area contributed by atoms with Gasteiger partial charge >= 0.3 is 0 Å². The second kappa shape index (κ2) is 8.77. The number of fused-ring (bicyclic) bond motifs is 2. The molecule has 0 aliphatic carbocycles. The molecule has 2 N–H and O–H groups in total. The molecule has 2 aromatic heterocycles. The Labute approximate surface area is 212 Å². The van der Waals surface area contributed by atoms with Gasteiger partial charge in [0.25, 0.3) is 5.91 Å². The van der Waals surface area contributed by atoms with E-state index in [1.807, 2.05) is 68.4 Å². The van der Waals surface area contributed by atoms with Gasteiger partial charge in [0.1, 0.15) is 0 Å². The quantitative estimate of drug-likeness (QED) is 0.212. The zero-order chi connectivity index (χ0) is 24.0. The van der Waals surface area contributed by atoms with Crippen LogP contribution >= 0.6 is 31.9 Å². The van der Waals surface area contributed by atoms with Crippen LogP contribution in [0.2, 0.25) is 0 Å². The average molecular weight is 578 g/mol. The Hall–Kier alpha value is -3.36. The number of nitrogens with one attached hydrogen (secondary N) is 1. The standard InChI is InChI=1S/C26H18Br2N4O2/c1-13-3-8-21-17(9-13)18(12-22(29-21)15-4-6-16(27)7-5-15)25(33)32-31-24-19-10-14(2)11-20(28)23(19)30-26(24)34/h3-12,30,34H,1-2H3. The molecule has 0 saturated heterocycles. The van der Waals surface area contributed by atoms with Crippen molar-refractivity contribution in [2.75, 3.05) is 0 Å². The summed E-state index contributed by atoms with van der Waals surface area (Å²) in [5.41, 5.74) is 5.53. The fourth-order valence-corrected chi connectivity index (χ4v) is 4.83. The number of benzene rings is 3. The highest BCUT2D eigenvalue weighted by Gasteiger charge is 2.17. The summed E-state index contributed by atoms with van der Waals surface area (Å²) >= 11 is 6.94. The van der Waals surface area contributed by atoms with Gasteiger partial charge in [-0.2, -0.15) is 0 Å². The van der Waals surface area contributed by atoms with Gasteiger partial charge in [0, 0.05) is 25.3 Å². The number of amides is 1. The number of hydrogen-bond donors (Lipinski definition) is 2. The first-order chi connectivity index (χ1) is 16.3. The van der Waals surface area contributed by atoms with Gasteiger partial charge in [-0.1, -0.05) is 39.7 Å². The number of nitrogens with zero attached hydrogens (tertiary/aromatic N) is 3. The van der Waals surface area contributed by atoms with Crippen LogP contribution < -0.4 is 0 Å². The van der Waals surface area contributed by atoms with Crippen LogP contribution in [-0.4, -0.2) is 21.0 Å². The summed E-state index contributed by atoms with van der Waals surface area (Å²) in [6.45, 7) is 3.90. The smallest absolute Gasteiger partial charge is 0.296 e. The van der Waals surface area contributed by atoms with Gasteiger partial charge in [0.15, 0.2) is 5.69 Å². The van der Waals surface area contributed by atoms with Crippen LogP contribution in [-0.2, 0) is 0 Å². The van der Waals surface area contributed by atoms with Gasteiger partial charge in [-0.3, -0.25) is 4.79 Å². The number of H-pyrrole nitrogens is 1. The largest absolute Gasteiger partial charge is 0.493 e. The summed E-state index contributed by atoms with van der Waals surface area (Å²) in [4.78, 5) is 20.9. The van der Waals surface area contributed by atoms with Gasteiger partial charge < -0.3 is 10.1 Å². The van der Waals surface area contributed by atoms with Crippen LogP contribution in [0.15, 0.2) is 79.8 Å². The molecule has 0 aliphatic heterocycles. The molecule has 3 aromatic carbocycles. The average Bonchev–Trinajstić information content (AvgIpc) is 3.12. The number of rotatable bonds is 3. The van der Waals surface area contributed by atoms with E-state index in [0.717, 1.165) is 25.6 Å². The number of azo groups is 1. The van der Waals surface area contributed by atoms with Crippen molar-refractivity contribution in [2.45, 2.75) is 13.8 Å². The van der Waals surface area contributed by atoms with Crippen LogP contribution in [0.1, 0.15) is 21.5 Å². The van der Waals surface area contributed by atoms with Crippen molar-refractivity contribution in [2.24, 2.45) is 10.2 Å². The third kappa shape index (κ3) is 4.15. The number of halogens is 2. The van der Waals surface area contributed by atoms with Crippen LogP contribution in [0.3, 0.4) is 0 Å². The zero-order valence-electron chi connectivity index (χ0n) is 18.2. The second-order valence-corrected chi connectivity index (χ2v) is 9.85. The monoisotopic (exact) mass is 576 g/mol. The molecule has 0 radical (unpaired) electrons. The Morgan fingerprint density at radius 1 is 0.941 bits per heavy atom. The fourth-order valence-electron chi connectivity index (χ4n) is 3.90. The molecule has 0 spiro atoms. The molecular weight excluding hydrogens is 560 g/mol. The molecule has 34 heavy (non-hydrogen) atoms. The predicted octanol–water partition coefficient (Wildman–Crippen LogP) is 8.15. The first kappa shape index (κ1) is 22.4. The van der Waals surface area contributed by atoms with Crippen LogP contribution in [0, 0.1) is 13.8 Å². The molecule has 8 heteroatoms. The number of hydrogen-bond acceptors (Lipinski definition) is 4. The molecule has 0 bridgehead atoms. The number of aromatic nitrogens is 2. The normalized spacial score (nSPS) is 11.6. The van der Waals surface area contributed by atoms with Crippen molar-refractivity contribution in [1.29, 1.82) is 0 Å². The lowest BCUT2D eigenvalue weighted by molar-refractivity contribution is 0.0996. The molecule has 0 atom stereocenters. The van der Waals surface area contributed by atoms with Gasteiger partial charge in [-0.15, -0.1) is 10.2 Å². The highest BCUT2D eigenvalue weighted by Crippen LogP contribution is 2.39. The van der Waals surface area contributed by atoms with Gasteiger partial charge in [0.05, 0.1) is 22.3 Å². The second-order valence-electron chi connectivity index (χ2n) is 8.08. The van der Waals surface area contributed by atoms with E-state index in [1.165, 1.54) is 0 Å². The van der Waals surface area contributed by atoms with Crippen LogP contribution in [0.5, 0.6) is 5.88 Å². The molecule has 0 unspecified atom stereocenters. The summed E-state index contributed by atoms with van der Waals surface area (Å²) in [7, 11) is 0. The molecule has 2 heterocycles. The number of aromatic hydroxyl groups is 1. The fraction of sp³-hybridized carbons (Fsp3) is 0.0769. The maximum Gasteiger partial charge on any atom is 0.296 e. The molecule has 0 fully saturated rings.